The average Bonchev–Trinajstić information content (AvgIpc) is 2.76. The lowest BCUT2D eigenvalue weighted by atomic mass is 10.0. The quantitative estimate of drug-likeness (QED) is 0.890. The van der Waals surface area contributed by atoms with E-state index in [4.69, 9.17) is 5.11 Å². The maximum atomic E-state index is 13.9. The van der Waals surface area contributed by atoms with Crippen LogP contribution >= 0.6 is 0 Å². The molecule has 2 rings (SSSR count). The minimum absolute atomic E-state index is 0.0534. The highest BCUT2D eigenvalue weighted by atomic mass is 32.2. The first-order valence-corrected chi connectivity index (χ1v) is 8.54. The molecule has 0 radical (unpaired) electrons. The molecule has 1 fully saturated rings. The van der Waals surface area contributed by atoms with Gasteiger partial charge in [0, 0.05) is 17.6 Å². The van der Waals surface area contributed by atoms with Crippen LogP contribution in [0, 0.1) is 5.82 Å². The van der Waals surface area contributed by atoms with Crippen LogP contribution in [0.25, 0.3) is 0 Å². The van der Waals surface area contributed by atoms with Gasteiger partial charge >= 0.3 is 5.97 Å². The van der Waals surface area contributed by atoms with Gasteiger partial charge < -0.3 is 5.11 Å². The molecule has 21 heavy (non-hydrogen) atoms. The summed E-state index contributed by atoms with van der Waals surface area (Å²) < 4.78 is 37.1. The molecule has 2 unspecified atom stereocenters. The molecule has 1 heterocycles. The topological polar surface area (TPSA) is 74.7 Å². The molecule has 1 saturated heterocycles. The Morgan fingerprint density at radius 3 is 2.67 bits per heavy atom. The number of carboxylic acid groups (broad SMARTS) is 1. The van der Waals surface area contributed by atoms with E-state index in [1.54, 1.807) is 30.0 Å². The minimum Gasteiger partial charge on any atom is -0.480 e. The Hall–Kier alpha value is -1.47. The zero-order chi connectivity index (χ0) is 15.6. The summed E-state index contributed by atoms with van der Waals surface area (Å²) in [6.45, 7) is 1.39. The Morgan fingerprint density at radius 1 is 1.48 bits per heavy atom. The molecule has 1 aromatic rings. The van der Waals surface area contributed by atoms with E-state index in [1.165, 1.54) is 6.07 Å². The molecule has 116 valence electrons. The van der Waals surface area contributed by atoms with Crippen molar-refractivity contribution in [2.75, 3.05) is 18.1 Å². The number of sulfone groups is 1. The van der Waals surface area contributed by atoms with Crippen LogP contribution in [0.1, 0.15) is 24.9 Å². The summed E-state index contributed by atoms with van der Waals surface area (Å²) >= 11 is 0. The first-order chi connectivity index (χ1) is 9.80. The second kappa shape index (κ2) is 6.11. The molecule has 0 saturated carbocycles. The van der Waals surface area contributed by atoms with Crippen molar-refractivity contribution in [1.82, 2.24) is 4.90 Å². The lowest BCUT2D eigenvalue weighted by Gasteiger charge is -2.32. The smallest absolute Gasteiger partial charge is 0.317 e. The van der Waals surface area contributed by atoms with Gasteiger partial charge in [-0.25, -0.2) is 12.8 Å². The van der Waals surface area contributed by atoms with Crippen molar-refractivity contribution >= 4 is 15.8 Å². The SMILES string of the molecule is CC(c1ccccc1F)N(CC(=O)O)C1CCS(=O)(=O)C1. The summed E-state index contributed by atoms with van der Waals surface area (Å²) in [7, 11) is -3.13. The third kappa shape index (κ3) is 3.79. The predicted octanol–water partition coefficient (Wildman–Crippen LogP) is 1.46. The second-order valence-corrected chi connectivity index (χ2v) is 7.55. The molecule has 0 spiro atoms. The van der Waals surface area contributed by atoms with Crippen molar-refractivity contribution in [2.45, 2.75) is 25.4 Å². The van der Waals surface area contributed by atoms with Crippen LogP contribution in [0.5, 0.6) is 0 Å². The molecule has 0 aromatic heterocycles. The van der Waals surface area contributed by atoms with Gasteiger partial charge in [-0.05, 0) is 19.4 Å². The van der Waals surface area contributed by atoms with Gasteiger partial charge in [0.2, 0.25) is 0 Å². The molecule has 1 aliphatic rings. The molecule has 0 amide bonds. The van der Waals surface area contributed by atoms with Crippen LogP contribution in [-0.4, -0.2) is 48.5 Å². The number of rotatable bonds is 5. The fraction of sp³-hybridized carbons (Fsp3) is 0.500. The van der Waals surface area contributed by atoms with E-state index in [0.29, 0.717) is 12.0 Å². The van der Waals surface area contributed by atoms with Gasteiger partial charge in [0.1, 0.15) is 5.82 Å². The fourth-order valence-electron chi connectivity index (χ4n) is 2.77. The van der Waals surface area contributed by atoms with Gasteiger partial charge in [-0.3, -0.25) is 9.69 Å². The van der Waals surface area contributed by atoms with Crippen molar-refractivity contribution in [3.05, 3.63) is 35.6 Å². The van der Waals surface area contributed by atoms with E-state index in [2.05, 4.69) is 0 Å². The van der Waals surface area contributed by atoms with Crippen molar-refractivity contribution in [3.63, 3.8) is 0 Å². The Morgan fingerprint density at radius 2 is 2.14 bits per heavy atom. The van der Waals surface area contributed by atoms with Crippen LogP contribution in [-0.2, 0) is 14.6 Å². The molecule has 5 nitrogen and oxygen atoms in total. The van der Waals surface area contributed by atoms with Crippen LogP contribution < -0.4 is 0 Å². The van der Waals surface area contributed by atoms with Crippen LogP contribution in [0.15, 0.2) is 24.3 Å². The number of hydrogen-bond acceptors (Lipinski definition) is 4. The van der Waals surface area contributed by atoms with Gasteiger partial charge in [-0.15, -0.1) is 0 Å². The third-order valence-corrected chi connectivity index (χ3v) is 5.60. The monoisotopic (exact) mass is 315 g/mol. The maximum Gasteiger partial charge on any atom is 0.317 e. The van der Waals surface area contributed by atoms with E-state index in [1.807, 2.05) is 0 Å². The van der Waals surface area contributed by atoms with E-state index >= 15 is 0 Å². The summed E-state index contributed by atoms with van der Waals surface area (Å²) in [5.41, 5.74) is 0.378. The number of halogens is 1. The Balaban J connectivity index is 2.28. The third-order valence-electron chi connectivity index (χ3n) is 3.85. The first-order valence-electron chi connectivity index (χ1n) is 6.72. The van der Waals surface area contributed by atoms with Crippen LogP contribution in [0.3, 0.4) is 0 Å². The molecule has 2 atom stereocenters. The standard InChI is InChI=1S/C14H18FNO4S/c1-10(12-4-2-3-5-13(12)15)16(8-14(17)18)11-6-7-21(19,20)9-11/h2-5,10-11H,6-9H2,1H3,(H,17,18). The number of carbonyl (C=O) groups is 1. The zero-order valence-corrected chi connectivity index (χ0v) is 12.5. The predicted molar refractivity (Wildman–Crippen MR) is 76.2 cm³/mol. The largest absolute Gasteiger partial charge is 0.480 e. The van der Waals surface area contributed by atoms with Crippen molar-refractivity contribution in [3.8, 4) is 0 Å². The highest BCUT2D eigenvalue weighted by molar-refractivity contribution is 7.91. The number of hydrogen-bond donors (Lipinski definition) is 1. The lowest BCUT2D eigenvalue weighted by Crippen LogP contribution is -2.41. The summed E-state index contributed by atoms with van der Waals surface area (Å²) in [6, 6.07) is 5.27. The highest BCUT2D eigenvalue weighted by Gasteiger charge is 2.36. The van der Waals surface area contributed by atoms with Gasteiger partial charge in [0.15, 0.2) is 9.84 Å². The molecule has 1 aromatic carbocycles. The second-order valence-electron chi connectivity index (χ2n) is 5.32. The zero-order valence-electron chi connectivity index (χ0n) is 11.7. The number of carboxylic acids is 1. The van der Waals surface area contributed by atoms with Crippen LogP contribution in [0.2, 0.25) is 0 Å². The number of aliphatic carboxylic acids is 1. The lowest BCUT2D eigenvalue weighted by molar-refractivity contribution is -0.139. The normalized spacial score (nSPS) is 22.3. The fourth-order valence-corrected chi connectivity index (χ4v) is 4.51. The molecule has 7 heteroatoms. The summed E-state index contributed by atoms with van der Waals surface area (Å²) in [6.07, 6.45) is 0.383. The first kappa shape index (κ1) is 15.9. The Kier molecular flexibility index (Phi) is 4.63. The molecular formula is C14H18FNO4S. The van der Waals surface area contributed by atoms with Crippen molar-refractivity contribution < 1.29 is 22.7 Å². The van der Waals surface area contributed by atoms with Gasteiger partial charge in [0.05, 0.1) is 18.1 Å². The van der Waals surface area contributed by atoms with E-state index in [0.717, 1.165) is 0 Å². The molecule has 1 aliphatic heterocycles. The summed E-state index contributed by atoms with van der Waals surface area (Å²) in [5.74, 6) is -1.49. The summed E-state index contributed by atoms with van der Waals surface area (Å²) in [4.78, 5) is 12.6. The minimum atomic E-state index is -3.13. The van der Waals surface area contributed by atoms with E-state index < -0.39 is 27.7 Å². The molecule has 0 bridgehead atoms. The highest BCUT2D eigenvalue weighted by Crippen LogP contribution is 2.28. The Labute approximate surface area is 123 Å². The molecule has 0 aliphatic carbocycles. The summed E-state index contributed by atoms with van der Waals surface area (Å²) in [5, 5.41) is 9.05. The maximum absolute atomic E-state index is 13.9. The van der Waals surface area contributed by atoms with Gasteiger partial charge in [-0.1, -0.05) is 18.2 Å². The average molecular weight is 315 g/mol. The van der Waals surface area contributed by atoms with E-state index in [9.17, 15) is 17.6 Å². The van der Waals surface area contributed by atoms with E-state index in [-0.39, 0.29) is 24.1 Å². The molecular weight excluding hydrogens is 297 g/mol. The molecule has 1 N–H and O–H groups in total. The van der Waals surface area contributed by atoms with Gasteiger partial charge in [0.25, 0.3) is 0 Å². The Bertz CT molecular complexity index is 632. The van der Waals surface area contributed by atoms with Crippen molar-refractivity contribution in [1.29, 1.82) is 0 Å². The van der Waals surface area contributed by atoms with Gasteiger partial charge in [-0.2, -0.15) is 0 Å². The number of nitrogens with zero attached hydrogens (tertiary/aromatic N) is 1. The number of benzene rings is 1. The van der Waals surface area contributed by atoms with Crippen molar-refractivity contribution in [2.24, 2.45) is 0 Å². The van der Waals surface area contributed by atoms with Crippen LogP contribution in [0.4, 0.5) is 4.39 Å².